The van der Waals surface area contributed by atoms with Gasteiger partial charge in [0, 0.05) is 15.4 Å². The van der Waals surface area contributed by atoms with Gasteiger partial charge in [-0.05, 0) is 18.2 Å². The van der Waals surface area contributed by atoms with E-state index in [2.05, 4.69) is 20.9 Å². The Hall–Kier alpha value is -2.60. The highest BCUT2D eigenvalue weighted by Gasteiger charge is 2.22. The number of aromatic nitrogens is 1. The number of H-pyrrole nitrogens is 1. The van der Waals surface area contributed by atoms with Crippen molar-refractivity contribution in [2.24, 2.45) is 0 Å². The van der Waals surface area contributed by atoms with Gasteiger partial charge in [-0.15, -0.1) is 0 Å². The van der Waals surface area contributed by atoms with E-state index < -0.39 is 11.5 Å². The molecule has 0 fully saturated rings. The first-order valence-electron chi connectivity index (χ1n) is 6.75. The Labute approximate surface area is 139 Å². The topological polar surface area (TPSA) is 79.4 Å². The number of nitrogens with one attached hydrogen (secondary N) is 1. The largest absolute Gasteiger partial charge is 0.496 e. The number of carbonyl (C=O) groups is 1. The summed E-state index contributed by atoms with van der Waals surface area (Å²) in [5.41, 5.74) is 0.474. The molecule has 0 spiro atoms. The fourth-order valence-electron chi connectivity index (χ4n) is 2.60. The van der Waals surface area contributed by atoms with Crippen molar-refractivity contribution < 1.29 is 14.6 Å². The van der Waals surface area contributed by atoms with Crippen LogP contribution in [0.4, 0.5) is 0 Å². The summed E-state index contributed by atoms with van der Waals surface area (Å²) >= 11 is 3.32. The minimum atomic E-state index is -1.16. The number of carboxylic acid groups (broad SMARTS) is 1. The normalized spacial score (nSPS) is 10.7. The number of halogens is 1. The molecule has 0 unspecified atom stereocenters. The summed E-state index contributed by atoms with van der Waals surface area (Å²) < 4.78 is 6.02. The van der Waals surface area contributed by atoms with E-state index in [0.717, 1.165) is 4.47 Å². The third-order valence-corrected chi connectivity index (χ3v) is 4.06. The third-order valence-electron chi connectivity index (χ3n) is 3.57. The highest BCUT2D eigenvalue weighted by Crippen LogP contribution is 2.33. The Morgan fingerprint density at radius 3 is 2.65 bits per heavy atom. The molecular formula is C17H12BrNO4. The van der Waals surface area contributed by atoms with E-state index in [1.807, 2.05) is 0 Å². The van der Waals surface area contributed by atoms with Gasteiger partial charge in [0.2, 0.25) is 0 Å². The molecule has 0 aliphatic carbocycles. The number of rotatable bonds is 3. The van der Waals surface area contributed by atoms with Crippen LogP contribution in [0, 0.1) is 0 Å². The van der Waals surface area contributed by atoms with E-state index in [9.17, 15) is 14.7 Å². The number of pyridine rings is 1. The molecule has 0 radical (unpaired) electrons. The maximum Gasteiger partial charge on any atom is 0.337 e. The van der Waals surface area contributed by atoms with Crippen molar-refractivity contribution in [3.05, 3.63) is 62.9 Å². The molecule has 116 valence electrons. The van der Waals surface area contributed by atoms with Gasteiger partial charge < -0.3 is 14.8 Å². The summed E-state index contributed by atoms with van der Waals surface area (Å²) in [6.07, 6.45) is 0. The number of fused-ring (bicyclic) bond motifs is 1. The fraction of sp³-hybridized carbons (Fsp3) is 0.0588. The van der Waals surface area contributed by atoms with Crippen molar-refractivity contribution >= 4 is 32.8 Å². The molecular weight excluding hydrogens is 362 g/mol. The Morgan fingerprint density at radius 2 is 1.96 bits per heavy atom. The zero-order valence-electron chi connectivity index (χ0n) is 12.1. The van der Waals surface area contributed by atoms with Crippen molar-refractivity contribution in [2.75, 3.05) is 7.11 Å². The second-order valence-corrected chi connectivity index (χ2v) is 5.82. The summed E-state index contributed by atoms with van der Waals surface area (Å²) in [4.78, 5) is 27.1. The van der Waals surface area contributed by atoms with Crippen LogP contribution in [0.5, 0.6) is 5.75 Å². The van der Waals surface area contributed by atoms with Gasteiger partial charge >= 0.3 is 5.97 Å². The minimum Gasteiger partial charge on any atom is -0.496 e. The van der Waals surface area contributed by atoms with E-state index in [-0.39, 0.29) is 11.1 Å². The summed E-state index contributed by atoms with van der Waals surface area (Å²) in [7, 11) is 1.48. The first kappa shape index (κ1) is 15.3. The zero-order chi connectivity index (χ0) is 16.6. The SMILES string of the molecule is COc1ccccc1-c1c(C(=O)O)c2ccc(Br)cc2[nH]c1=O. The van der Waals surface area contributed by atoms with E-state index in [4.69, 9.17) is 4.74 Å². The zero-order valence-corrected chi connectivity index (χ0v) is 13.7. The van der Waals surface area contributed by atoms with Crippen molar-refractivity contribution in [3.63, 3.8) is 0 Å². The maximum absolute atomic E-state index is 12.5. The smallest absolute Gasteiger partial charge is 0.337 e. The quantitative estimate of drug-likeness (QED) is 0.733. The second-order valence-electron chi connectivity index (χ2n) is 4.90. The lowest BCUT2D eigenvalue weighted by molar-refractivity contribution is 0.0699. The van der Waals surface area contributed by atoms with Crippen molar-refractivity contribution in [1.29, 1.82) is 0 Å². The van der Waals surface area contributed by atoms with Crippen LogP contribution >= 0.6 is 15.9 Å². The van der Waals surface area contributed by atoms with Gasteiger partial charge in [0.25, 0.3) is 5.56 Å². The Bertz CT molecular complexity index is 978. The molecule has 5 nitrogen and oxygen atoms in total. The molecule has 0 saturated heterocycles. The standard InChI is InChI=1S/C17H12BrNO4/c1-23-13-5-3-2-4-11(13)14-15(17(21)22)10-7-6-9(18)8-12(10)19-16(14)20/h2-8H,1H3,(H,19,20)(H,21,22). The molecule has 1 heterocycles. The summed E-state index contributed by atoms with van der Waals surface area (Å²) in [5, 5.41) is 10.1. The van der Waals surface area contributed by atoms with E-state index in [0.29, 0.717) is 22.2 Å². The molecule has 3 rings (SSSR count). The van der Waals surface area contributed by atoms with Crippen LogP contribution in [0.1, 0.15) is 10.4 Å². The molecule has 0 aliphatic rings. The number of hydrogen-bond donors (Lipinski definition) is 2. The molecule has 0 amide bonds. The molecule has 6 heteroatoms. The van der Waals surface area contributed by atoms with Crippen LogP contribution < -0.4 is 10.3 Å². The molecule has 0 atom stereocenters. The lowest BCUT2D eigenvalue weighted by Gasteiger charge is -2.12. The summed E-state index contributed by atoms with van der Waals surface area (Å²) in [6.45, 7) is 0. The fourth-order valence-corrected chi connectivity index (χ4v) is 2.96. The van der Waals surface area contributed by atoms with E-state index >= 15 is 0 Å². The first-order chi connectivity index (χ1) is 11.0. The number of ether oxygens (including phenoxy) is 1. The molecule has 0 aliphatic heterocycles. The number of para-hydroxylation sites is 1. The second kappa shape index (κ2) is 5.89. The van der Waals surface area contributed by atoms with Crippen LogP contribution in [-0.2, 0) is 0 Å². The van der Waals surface area contributed by atoms with Gasteiger partial charge in [0.15, 0.2) is 0 Å². The first-order valence-corrected chi connectivity index (χ1v) is 7.54. The minimum absolute atomic E-state index is 0.0410. The average Bonchev–Trinajstić information content (AvgIpc) is 2.53. The number of hydrogen-bond acceptors (Lipinski definition) is 3. The van der Waals surface area contributed by atoms with Crippen LogP contribution in [0.3, 0.4) is 0 Å². The Balaban J connectivity index is 2.48. The van der Waals surface area contributed by atoms with E-state index in [1.54, 1.807) is 42.5 Å². The van der Waals surface area contributed by atoms with Crippen LogP contribution in [0.2, 0.25) is 0 Å². The van der Waals surface area contributed by atoms with Crippen LogP contribution in [0.25, 0.3) is 22.0 Å². The van der Waals surface area contributed by atoms with Gasteiger partial charge in [-0.1, -0.05) is 40.2 Å². The van der Waals surface area contributed by atoms with Gasteiger partial charge in [0.05, 0.1) is 23.8 Å². The summed E-state index contributed by atoms with van der Waals surface area (Å²) in [5.74, 6) is -0.721. The molecule has 0 saturated carbocycles. The van der Waals surface area contributed by atoms with E-state index in [1.165, 1.54) is 7.11 Å². The third kappa shape index (κ3) is 2.61. The lowest BCUT2D eigenvalue weighted by Crippen LogP contribution is -2.16. The number of aromatic carboxylic acids is 1. The van der Waals surface area contributed by atoms with Crippen LogP contribution in [-0.4, -0.2) is 23.2 Å². The number of methoxy groups -OCH3 is 1. The molecule has 1 aromatic heterocycles. The number of carboxylic acids is 1. The maximum atomic E-state index is 12.5. The molecule has 0 bridgehead atoms. The van der Waals surface area contributed by atoms with Crippen molar-refractivity contribution in [1.82, 2.24) is 4.98 Å². The molecule has 3 aromatic rings. The van der Waals surface area contributed by atoms with Crippen molar-refractivity contribution in [2.45, 2.75) is 0 Å². The molecule has 2 aromatic carbocycles. The summed E-state index contributed by atoms with van der Waals surface area (Å²) in [6, 6.07) is 11.9. The van der Waals surface area contributed by atoms with Crippen molar-refractivity contribution in [3.8, 4) is 16.9 Å². The highest BCUT2D eigenvalue weighted by atomic mass is 79.9. The predicted octanol–water partition coefficient (Wildman–Crippen LogP) is 3.66. The lowest BCUT2D eigenvalue weighted by atomic mass is 9.97. The van der Waals surface area contributed by atoms with Crippen LogP contribution in [0.15, 0.2) is 51.7 Å². The molecule has 23 heavy (non-hydrogen) atoms. The number of aromatic amines is 1. The van der Waals surface area contributed by atoms with Gasteiger partial charge in [0.1, 0.15) is 5.75 Å². The molecule has 2 N–H and O–H groups in total. The average molecular weight is 374 g/mol. The number of benzene rings is 2. The predicted molar refractivity (Wildman–Crippen MR) is 91.2 cm³/mol. The van der Waals surface area contributed by atoms with Gasteiger partial charge in [-0.2, -0.15) is 0 Å². The monoisotopic (exact) mass is 373 g/mol. The highest BCUT2D eigenvalue weighted by molar-refractivity contribution is 9.10. The van der Waals surface area contributed by atoms with Gasteiger partial charge in [-0.3, -0.25) is 4.79 Å². The Morgan fingerprint density at radius 1 is 1.22 bits per heavy atom. The Kier molecular flexibility index (Phi) is 3.92. The van der Waals surface area contributed by atoms with Gasteiger partial charge in [-0.25, -0.2) is 4.79 Å².